The predicted octanol–water partition coefficient (Wildman–Crippen LogP) is 3.70. The molecule has 0 unspecified atom stereocenters. The molecular weight excluding hydrogens is 260 g/mol. The van der Waals surface area contributed by atoms with Crippen molar-refractivity contribution < 1.29 is 4.79 Å². The van der Waals surface area contributed by atoms with E-state index in [0.29, 0.717) is 12.1 Å². The van der Waals surface area contributed by atoms with E-state index in [9.17, 15) is 4.79 Å². The minimum absolute atomic E-state index is 0.168. The summed E-state index contributed by atoms with van der Waals surface area (Å²) in [6.07, 6.45) is 0. The number of nitrogens with two attached hydrogens (primary N) is 1. The number of anilines is 1. The number of amides is 1. The van der Waals surface area contributed by atoms with Gasteiger partial charge in [-0.15, -0.1) is 0 Å². The number of carbonyl (C=O) groups excluding carboxylic acids is 1. The van der Waals surface area contributed by atoms with Crippen LogP contribution in [0.1, 0.15) is 42.3 Å². The van der Waals surface area contributed by atoms with Gasteiger partial charge >= 0.3 is 0 Å². The Morgan fingerprint density at radius 2 is 1.76 bits per heavy atom. The number of benzene rings is 2. The van der Waals surface area contributed by atoms with Crippen molar-refractivity contribution in [3.8, 4) is 0 Å². The van der Waals surface area contributed by atoms with E-state index in [0.717, 1.165) is 5.69 Å². The molecule has 0 bridgehead atoms. The second-order valence-electron chi connectivity index (χ2n) is 6.25. The Labute approximate surface area is 126 Å². The zero-order valence-corrected chi connectivity index (χ0v) is 12.8. The Kier molecular flexibility index (Phi) is 4.32. The molecule has 0 saturated heterocycles. The molecule has 1 amide bonds. The Morgan fingerprint density at radius 3 is 2.33 bits per heavy atom. The van der Waals surface area contributed by atoms with E-state index in [-0.39, 0.29) is 5.41 Å². The first-order chi connectivity index (χ1) is 9.86. The maximum atomic E-state index is 11.2. The highest BCUT2D eigenvalue weighted by Crippen LogP contribution is 2.22. The quantitative estimate of drug-likeness (QED) is 0.898. The van der Waals surface area contributed by atoms with Crippen molar-refractivity contribution in [1.82, 2.24) is 0 Å². The highest BCUT2D eigenvalue weighted by molar-refractivity contribution is 5.93. The van der Waals surface area contributed by atoms with Crippen molar-refractivity contribution in [1.29, 1.82) is 0 Å². The average Bonchev–Trinajstić information content (AvgIpc) is 2.45. The molecule has 0 aliphatic rings. The van der Waals surface area contributed by atoms with E-state index in [1.807, 2.05) is 12.1 Å². The third kappa shape index (κ3) is 4.09. The number of primary amides is 1. The molecule has 0 aliphatic carbocycles. The summed E-state index contributed by atoms with van der Waals surface area (Å²) >= 11 is 0. The van der Waals surface area contributed by atoms with Crippen LogP contribution in [-0.4, -0.2) is 5.91 Å². The fourth-order valence-corrected chi connectivity index (χ4v) is 2.11. The van der Waals surface area contributed by atoms with Crippen molar-refractivity contribution in [2.45, 2.75) is 32.7 Å². The van der Waals surface area contributed by atoms with E-state index < -0.39 is 5.91 Å². The summed E-state index contributed by atoms with van der Waals surface area (Å²) in [5, 5.41) is 3.31. The van der Waals surface area contributed by atoms with Gasteiger partial charge in [-0.2, -0.15) is 0 Å². The Morgan fingerprint density at radius 1 is 1.10 bits per heavy atom. The fraction of sp³-hybridized carbons (Fsp3) is 0.278. The molecule has 2 aromatic carbocycles. The van der Waals surface area contributed by atoms with Crippen LogP contribution in [0.2, 0.25) is 0 Å². The van der Waals surface area contributed by atoms with Gasteiger partial charge in [0, 0.05) is 17.8 Å². The zero-order chi connectivity index (χ0) is 15.5. The lowest BCUT2D eigenvalue weighted by atomic mass is 9.87. The van der Waals surface area contributed by atoms with Crippen molar-refractivity contribution >= 4 is 11.6 Å². The normalized spacial score (nSPS) is 11.2. The van der Waals surface area contributed by atoms with Gasteiger partial charge in [0.25, 0.3) is 0 Å². The standard InChI is InChI=1S/C18H22N2O/c1-18(2,3)15-9-7-13(8-10-15)12-20-16-6-4-5-14(11-16)17(19)21/h4-11,20H,12H2,1-3H3,(H2,19,21). The summed E-state index contributed by atoms with van der Waals surface area (Å²) in [6, 6.07) is 15.8. The van der Waals surface area contributed by atoms with Crippen LogP contribution in [0.15, 0.2) is 48.5 Å². The second-order valence-corrected chi connectivity index (χ2v) is 6.25. The molecular formula is C18H22N2O. The zero-order valence-electron chi connectivity index (χ0n) is 12.8. The summed E-state index contributed by atoms with van der Waals surface area (Å²) in [5.74, 6) is -0.409. The van der Waals surface area contributed by atoms with Crippen LogP contribution >= 0.6 is 0 Å². The van der Waals surface area contributed by atoms with E-state index in [1.165, 1.54) is 11.1 Å². The molecule has 3 nitrogen and oxygen atoms in total. The average molecular weight is 282 g/mol. The minimum atomic E-state index is -0.409. The number of nitrogens with one attached hydrogen (secondary N) is 1. The molecule has 0 heterocycles. The summed E-state index contributed by atoms with van der Waals surface area (Å²) in [4.78, 5) is 11.2. The Bertz CT molecular complexity index is 624. The number of hydrogen-bond donors (Lipinski definition) is 2. The summed E-state index contributed by atoms with van der Waals surface area (Å²) in [5.41, 5.74) is 9.38. The van der Waals surface area contributed by atoms with E-state index in [2.05, 4.69) is 50.4 Å². The maximum absolute atomic E-state index is 11.2. The Balaban J connectivity index is 2.03. The van der Waals surface area contributed by atoms with Crippen LogP contribution in [0.5, 0.6) is 0 Å². The molecule has 0 radical (unpaired) electrons. The molecule has 0 aromatic heterocycles. The molecule has 21 heavy (non-hydrogen) atoms. The molecule has 2 rings (SSSR count). The molecule has 110 valence electrons. The van der Waals surface area contributed by atoms with Gasteiger partial charge in [-0.3, -0.25) is 4.79 Å². The SMILES string of the molecule is CC(C)(C)c1ccc(CNc2cccc(C(N)=O)c2)cc1. The van der Waals surface area contributed by atoms with Gasteiger partial charge in [0.1, 0.15) is 0 Å². The Hall–Kier alpha value is -2.29. The van der Waals surface area contributed by atoms with Crippen LogP contribution in [0.3, 0.4) is 0 Å². The van der Waals surface area contributed by atoms with Gasteiger partial charge in [-0.05, 0) is 34.7 Å². The molecule has 0 saturated carbocycles. The maximum Gasteiger partial charge on any atom is 0.248 e. The highest BCUT2D eigenvalue weighted by atomic mass is 16.1. The largest absolute Gasteiger partial charge is 0.381 e. The molecule has 2 aromatic rings. The summed E-state index contributed by atoms with van der Waals surface area (Å²) < 4.78 is 0. The lowest BCUT2D eigenvalue weighted by molar-refractivity contribution is 0.100. The lowest BCUT2D eigenvalue weighted by Crippen LogP contribution is -2.11. The van der Waals surface area contributed by atoms with Crippen LogP contribution < -0.4 is 11.1 Å². The van der Waals surface area contributed by atoms with Gasteiger partial charge < -0.3 is 11.1 Å². The van der Waals surface area contributed by atoms with Crippen LogP contribution in [0.4, 0.5) is 5.69 Å². The lowest BCUT2D eigenvalue weighted by Gasteiger charge is -2.19. The first-order valence-electron chi connectivity index (χ1n) is 7.09. The van der Waals surface area contributed by atoms with Gasteiger partial charge in [0.15, 0.2) is 0 Å². The van der Waals surface area contributed by atoms with Crippen molar-refractivity contribution in [2.24, 2.45) is 5.73 Å². The molecule has 0 atom stereocenters. The second kappa shape index (κ2) is 6.00. The molecule has 3 N–H and O–H groups in total. The summed E-state index contributed by atoms with van der Waals surface area (Å²) in [6.45, 7) is 7.33. The van der Waals surface area contributed by atoms with Crippen molar-refractivity contribution in [2.75, 3.05) is 5.32 Å². The number of carbonyl (C=O) groups is 1. The molecule has 0 fully saturated rings. The molecule has 0 spiro atoms. The van der Waals surface area contributed by atoms with E-state index in [4.69, 9.17) is 5.73 Å². The van der Waals surface area contributed by atoms with Crippen LogP contribution in [0, 0.1) is 0 Å². The third-order valence-corrected chi connectivity index (χ3v) is 3.46. The smallest absolute Gasteiger partial charge is 0.248 e. The van der Waals surface area contributed by atoms with E-state index in [1.54, 1.807) is 12.1 Å². The van der Waals surface area contributed by atoms with E-state index >= 15 is 0 Å². The monoisotopic (exact) mass is 282 g/mol. The van der Waals surface area contributed by atoms with Crippen LogP contribution in [-0.2, 0) is 12.0 Å². The molecule has 3 heteroatoms. The van der Waals surface area contributed by atoms with Crippen molar-refractivity contribution in [3.63, 3.8) is 0 Å². The van der Waals surface area contributed by atoms with Gasteiger partial charge in [0.2, 0.25) is 5.91 Å². The first kappa shape index (κ1) is 15.1. The third-order valence-electron chi connectivity index (χ3n) is 3.46. The van der Waals surface area contributed by atoms with Gasteiger partial charge in [0.05, 0.1) is 0 Å². The molecule has 0 aliphatic heterocycles. The predicted molar refractivity (Wildman–Crippen MR) is 87.4 cm³/mol. The number of hydrogen-bond acceptors (Lipinski definition) is 2. The summed E-state index contributed by atoms with van der Waals surface area (Å²) in [7, 11) is 0. The van der Waals surface area contributed by atoms with Gasteiger partial charge in [-0.1, -0.05) is 51.1 Å². The fourth-order valence-electron chi connectivity index (χ4n) is 2.11. The topological polar surface area (TPSA) is 55.1 Å². The number of rotatable bonds is 4. The van der Waals surface area contributed by atoms with Crippen LogP contribution in [0.25, 0.3) is 0 Å². The highest BCUT2D eigenvalue weighted by Gasteiger charge is 2.12. The van der Waals surface area contributed by atoms with Crippen molar-refractivity contribution in [3.05, 3.63) is 65.2 Å². The van der Waals surface area contributed by atoms with Gasteiger partial charge in [-0.25, -0.2) is 0 Å². The first-order valence-corrected chi connectivity index (χ1v) is 7.09. The minimum Gasteiger partial charge on any atom is -0.381 e.